The number of hydrogen-bond acceptors (Lipinski definition) is 9. The lowest BCUT2D eigenvalue weighted by Crippen LogP contribution is -2.24. The molecule has 0 radical (unpaired) electrons. The molecule has 178 valence electrons. The lowest BCUT2D eigenvalue weighted by atomic mass is 9.83. The number of benzene rings is 1. The number of pyridine rings is 1. The highest BCUT2D eigenvalue weighted by Gasteiger charge is 2.38. The van der Waals surface area contributed by atoms with Crippen molar-refractivity contribution < 1.29 is 23.7 Å². The van der Waals surface area contributed by atoms with Crippen LogP contribution in [0.4, 0.5) is 0 Å². The lowest BCUT2D eigenvalue weighted by molar-refractivity contribution is -0.139. The average Bonchev–Trinajstić information content (AvgIpc) is 3.32. The monoisotopic (exact) mass is 473 g/mol. The van der Waals surface area contributed by atoms with Crippen LogP contribution in [0.15, 0.2) is 60.4 Å². The number of carbonyl (C=O) groups is 1. The molecule has 0 N–H and O–H groups in total. The van der Waals surface area contributed by atoms with E-state index in [-0.39, 0.29) is 6.61 Å². The van der Waals surface area contributed by atoms with Gasteiger partial charge in [-0.25, -0.2) is 19.3 Å². The van der Waals surface area contributed by atoms with Crippen LogP contribution in [0.1, 0.15) is 30.9 Å². The Hall–Kier alpha value is -4.47. The highest BCUT2D eigenvalue weighted by atomic mass is 16.5. The van der Waals surface area contributed by atoms with Gasteiger partial charge in [-0.1, -0.05) is 6.07 Å². The first-order valence-electron chi connectivity index (χ1n) is 11.0. The Labute approximate surface area is 201 Å². The quantitative estimate of drug-likeness (QED) is 0.388. The number of rotatable bonds is 6. The van der Waals surface area contributed by atoms with E-state index in [4.69, 9.17) is 23.9 Å². The van der Waals surface area contributed by atoms with Crippen LogP contribution in [0.3, 0.4) is 0 Å². The second-order valence-corrected chi connectivity index (χ2v) is 7.75. The Balaban J connectivity index is 1.77. The third-order valence-corrected chi connectivity index (χ3v) is 5.75. The summed E-state index contributed by atoms with van der Waals surface area (Å²) in [5, 5.41) is 4.58. The predicted molar refractivity (Wildman–Crippen MR) is 125 cm³/mol. The van der Waals surface area contributed by atoms with Gasteiger partial charge in [-0.2, -0.15) is 0 Å². The molecule has 1 unspecified atom stereocenters. The molecule has 4 aromatic rings. The zero-order valence-electron chi connectivity index (χ0n) is 19.7. The number of nitrogens with zero attached hydrogens (tertiary/aromatic N) is 5. The molecule has 0 spiro atoms. The summed E-state index contributed by atoms with van der Waals surface area (Å²) in [4.78, 5) is 26.6. The van der Waals surface area contributed by atoms with Crippen molar-refractivity contribution in [2.75, 3.05) is 20.8 Å². The Bertz CT molecular complexity index is 1450. The van der Waals surface area contributed by atoms with Crippen molar-refractivity contribution in [2.24, 2.45) is 0 Å². The molecule has 0 saturated heterocycles. The van der Waals surface area contributed by atoms with Gasteiger partial charge in [-0.15, -0.1) is 5.10 Å². The SMILES string of the molecule is CCOC(=O)C1=C(C)Oc2ncn3nc(-c4cccnc4)nc3c2C1c1ccc(OC)c(OC)c1. The van der Waals surface area contributed by atoms with Gasteiger partial charge in [0.2, 0.25) is 5.88 Å². The maximum Gasteiger partial charge on any atom is 0.338 e. The topological polar surface area (TPSA) is 110 Å². The number of methoxy groups -OCH3 is 2. The van der Waals surface area contributed by atoms with Gasteiger partial charge in [0.05, 0.1) is 37.9 Å². The second-order valence-electron chi connectivity index (χ2n) is 7.75. The second kappa shape index (κ2) is 9.05. The highest BCUT2D eigenvalue weighted by molar-refractivity contribution is 5.93. The van der Waals surface area contributed by atoms with Crippen LogP contribution in [-0.2, 0) is 9.53 Å². The number of aromatic nitrogens is 5. The van der Waals surface area contributed by atoms with Gasteiger partial charge >= 0.3 is 5.97 Å². The van der Waals surface area contributed by atoms with Crippen molar-refractivity contribution in [3.8, 4) is 28.8 Å². The fourth-order valence-corrected chi connectivity index (χ4v) is 4.19. The number of esters is 1. The zero-order valence-corrected chi connectivity index (χ0v) is 19.7. The Morgan fingerprint density at radius 1 is 1.17 bits per heavy atom. The molecule has 10 nitrogen and oxygen atoms in total. The molecule has 1 aliphatic rings. The first-order chi connectivity index (χ1) is 17.0. The number of allylic oxidation sites excluding steroid dienone is 1. The maximum absolute atomic E-state index is 13.2. The van der Waals surface area contributed by atoms with E-state index < -0.39 is 11.9 Å². The predicted octanol–water partition coefficient (Wildman–Crippen LogP) is 3.56. The molecule has 0 amide bonds. The number of fused-ring (bicyclic) bond motifs is 3. The summed E-state index contributed by atoms with van der Waals surface area (Å²) >= 11 is 0. The van der Waals surface area contributed by atoms with E-state index in [9.17, 15) is 4.79 Å². The molecule has 0 fully saturated rings. The minimum absolute atomic E-state index is 0.222. The summed E-state index contributed by atoms with van der Waals surface area (Å²) in [5.74, 6) is 1.23. The third kappa shape index (κ3) is 3.82. The fourth-order valence-electron chi connectivity index (χ4n) is 4.19. The van der Waals surface area contributed by atoms with Crippen LogP contribution < -0.4 is 14.2 Å². The van der Waals surface area contributed by atoms with Crippen molar-refractivity contribution in [3.05, 3.63) is 71.5 Å². The molecule has 5 rings (SSSR count). The standard InChI is InChI=1S/C25H23N5O5/c1-5-34-25(31)19-14(2)35-24-21(20(19)15-8-9-17(32-3)18(11-15)33-4)23-28-22(29-30(23)13-27-24)16-7-6-10-26-12-16/h6-13,20H,5H2,1-4H3. The first-order valence-corrected chi connectivity index (χ1v) is 11.0. The molecule has 4 heterocycles. The van der Waals surface area contributed by atoms with Crippen LogP contribution in [0.5, 0.6) is 17.4 Å². The molecule has 0 bridgehead atoms. The molecule has 0 aliphatic carbocycles. The number of ether oxygens (including phenoxy) is 4. The minimum Gasteiger partial charge on any atom is -0.493 e. The van der Waals surface area contributed by atoms with E-state index in [1.54, 1.807) is 51.0 Å². The molecule has 3 aromatic heterocycles. The largest absolute Gasteiger partial charge is 0.493 e. The molecule has 0 saturated carbocycles. The summed E-state index contributed by atoms with van der Waals surface area (Å²) in [5.41, 5.74) is 2.96. The van der Waals surface area contributed by atoms with Crippen LogP contribution >= 0.6 is 0 Å². The van der Waals surface area contributed by atoms with E-state index in [0.717, 1.165) is 11.1 Å². The molecule has 35 heavy (non-hydrogen) atoms. The Kier molecular flexibility index (Phi) is 5.77. The summed E-state index contributed by atoms with van der Waals surface area (Å²) < 4.78 is 23.9. The van der Waals surface area contributed by atoms with Crippen molar-refractivity contribution in [1.29, 1.82) is 0 Å². The van der Waals surface area contributed by atoms with Gasteiger partial charge in [0.25, 0.3) is 0 Å². The van der Waals surface area contributed by atoms with E-state index in [0.29, 0.717) is 45.7 Å². The van der Waals surface area contributed by atoms with Crippen molar-refractivity contribution in [3.63, 3.8) is 0 Å². The molecule has 1 aromatic carbocycles. The van der Waals surface area contributed by atoms with E-state index in [1.165, 1.54) is 6.33 Å². The summed E-state index contributed by atoms with van der Waals surface area (Å²) in [6, 6.07) is 9.18. The fraction of sp³-hybridized carbons (Fsp3) is 0.240. The highest BCUT2D eigenvalue weighted by Crippen LogP contribution is 2.46. The molecular formula is C25H23N5O5. The molecular weight excluding hydrogens is 450 g/mol. The molecule has 1 atom stereocenters. The van der Waals surface area contributed by atoms with E-state index in [1.807, 2.05) is 24.3 Å². The smallest absolute Gasteiger partial charge is 0.338 e. The van der Waals surface area contributed by atoms with Gasteiger partial charge in [0.1, 0.15) is 12.1 Å². The normalized spacial score (nSPS) is 14.9. The van der Waals surface area contributed by atoms with Gasteiger partial charge in [-0.05, 0) is 43.7 Å². The summed E-state index contributed by atoms with van der Waals surface area (Å²) in [7, 11) is 3.13. The first kappa shape index (κ1) is 22.3. The lowest BCUT2D eigenvalue weighted by Gasteiger charge is -2.28. The van der Waals surface area contributed by atoms with Gasteiger partial charge in [0, 0.05) is 18.0 Å². The van der Waals surface area contributed by atoms with E-state index in [2.05, 4.69) is 15.1 Å². The van der Waals surface area contributed by atoms with Crippen LogP contribution in [0.25, 0.3) is 17.0 Å². The zero-order chi connectivity index (χ0) is 24.5. The minimum atomic E-state index is -0.597. The van der Waals surface area contributed by atoms with Gasteiger partial charge in [-0.3, -0.25) is 4.98 Å². The van der Waals surface area contributed by atoms with Crippen molar-refractivity contribution in [1.82, 2.24) is 24.6 Å². The van der Waals surface area contributed by atoms with Gasteiger partial charge in [0.15, 0.2) is 23.0 Å². The average molecular weight is 473 g/mol. The van der Waals surface area contributed by atoms with Gasteiger partial charge < -0.3 is 18.9 Å². The van der Waals surface area contributed by atoms with Crippen molar-refractivity contribution >= 4 is 11.6 Å². The summed E-state index contributed by atoms with van der Waals surface area (Å²) in [6.07, 6.45) is 4.91. The number of hydrogen-bond donors (Lipinski definition) is 0. The third-order valence-electron chi connectivity index (χ3n) is 5.75. The summed E-state index contributed by atoms with van der Waals surface area (Å²) in [6.45, 7) is 3.70. The maximum atomic E-state index is 13.2. The van der Waals surface area contributed by atoms with Crippen LogP contribution in [-0.4, -0.2) is 51.4 Å². The Morgan fingerprint density at radius 3 is 2.71 bits per heavy atom. The number of carbonyl (C=O) groups excluding carboxylic acids is 1. The van der Waals surface area contributed by atoms with E-state index >= 15 is 0 Å². The Morgan fingerprint density at radius 2 is 2.00 bits per heavy atom. The molecule has 10 heteroatoms. The van der Waals surface area contributed by atoms with Crippen LogP contribution in [0.2, 0.25) is 0 Å². The van der Waals surface area contributed by atoms with Crippen molar-refractivity contribution in [2.45, 2.75) is 19.8 Å². The molecule has 1 aliphatic heterocycles. The van der Waals surface area contributed by atoms with Crippen LogP contribution in [0, 0.1) is 0 Å².